The van der Waals surface area contributed by atoms with E-state index >= 15 is 0 Å². The number of nitrogens with zero attached hydrogens (tertiary/aromatic N) is 3. The van der Waals surface area contributed by atoms with Crippen LogP contribution in [-0.2, 0) is 15.2 Å². The molecular weight excluding hydrogens is 629 g/mol. The molecule has 7 nitrogen and oxygen atoms in total. The number of carbonyl (C=O) groups excluding carboxylic acids is 2. The van der Waals surface area contributed by atoms with Crippen LogP contribution in [0.3, 0.4) is 0 Å². The highest BCUT2D eigenvalue weighted by Crippen LogP contribution is 2.36. The van der Waals surface area contributed by atoms with E-state index in [0.29, 0.717) is 45.3 Å². The lowest BCUT2D eigenvalue weighted by atomic mass is 9.96. The van der Waals surface area contributed by atoms with Crippen molar-refractivity contribution in [1.82, 2.24) is 14.8 Å². The lowest BCUT2D eigenvalue weighted by molar-refractivity contribution is 0.0495. The van der Waals surface area contributed by atoms with E-state index < -0.39 is 12.0 Å². The van der Waals surface area contributed by atoms with E-state index in [4.69, 9.17) is 37.8 Å². The first-order valence-electron chi connectivity index (χ1n) is 15.3. The second kappa shape index (κ2) is 17.4. The van der Waals surface area contributed by atoms with E-state index in [9.17, 15) is 9.59 Å². The van der Waals surface area contributed by atoms with Gasteiger partial charge in [0.05, 0.1) is 24.3 Å². The third-order valence-corrected chi connectivity index (χ3v) is 8.87. The second-order valence-corrected chi connectivity index (χ2v) is 12.5. The van der Waals surface area contributed by atoms with E-state index in [1.54, 1.807) is 42.2 Å². The zero-order chi connectivity index (χ0) is 32.2. The van der Waals surface area contributed by atoms with Crippen LogP contribution < -0.4 is 0 Å². The number of rotatable bonds is 16. The molecular formula is C35H39Cl2N3O4S. The van der Waals surface area contributed by atoms with Gasteiger partial charge in [0.15, 0.2) is 0 Å². The summed E-state index contributed by atoms with van der Waals surface area (Å²) < 4.78 is 12.3. The molecule has 45 heavy (non-hydrogen) atoms. The van der Waals surface area contributed by atoms with Crippen LogP contribution in [0.25, 0.3) is 0 Å². The average molecular weight is 669 g/mol. The average Bonchev–Trinajstić information content (AvgIpc) is 3.50. The van der Waals surface area contributed by atoms with E-state index in [1.807, 2.05) is 43.3 Å². The molecule has 0 N–H and O–H groups in total. The molecule has 3 aromatic carbocycles. The summed E-state index contributed by atoms with van der Waals surface area (Å²) in [5, 5.41) is 6.32. The molecule has 4 aromatic rings. The summed E-state index contributed by atoms with van der Waals surface area (Å²) in [4.78, 5) is 29.3. The standard InChI is InChI=1S/C35H39Cl2N3O4S/c1-4-6-7-8-9-10-19-44-34(42)27-16-18-29(31(37)21-27)32(28-17-11-24(3)20-30(28)36)40-23-38-35(39-40)45-22-25-12-14-26(15-13-25)33(41)43-5-2/h11-18,20-21,23,32H,4-10,19,22H2,1-3H3. The fourth-order valence-electron chi connectivity index (χ4n) is 4.86. The van der Waals surface area contributed by atoms with Gasteiger partial charge in [0.1, 0.15) is 12.4 Å². The highest BCUT2D eigenvalue weighted by molar-refractivity contribution is 7.98. The zero-order valence-corrected chi connectivity index (χ0v) is 28.3. The predicted molar refractivity (Wildman–Crippen MR) is 181 cm³/mol. The molecule has 1 atom stereocenters. The molecule has 0 saturated carbocycles. The van der Waals surface area contributed by atoms with Crippen molar-refractivity contribution in [1.29, 1.82) is 0 Å². The van der Waals surface area contributed by atoms with Crippen molar-refractivity contribution in [2.75, 3.05) is 13.2 Å². The molecule has 10 heteroatoms. The van der Waals surface area contributed by atoms with Crippen LogP contribution in [0, 0.1) is 6.92 Å². The summed E-state index contributed by atoms with van der Waals surface area (Å²) in [6, 6.07) is 17.9. The maximum atomic E-state index is 12.8. The van der Waals surface area contributed by atoms with Gasteiger partial charge in [-0.15, -0.1) is 5.10 Å². The van der Waals surface area contributed by atoms with Gasteiger partial charge in [-0.3, -0.25) is 0 Å². The quantitative estimate of drug-likeness (QED) is 0.0668. The summed E-state index contributed by atoms with van der Waals surface area (Å²) in [6.45, 7) is 6.68. The molecule has 0 aliphatic heterocycles. The number of unbranched alkanes of at least 4 members (excludes halogenated alkanes) is 5. The molecule has 0 aliphatic rings. The molecule has 238 valence electrons. The first-order valence-corrected chi connectivity index (χ1v) is 17.1. The normalized spacial score (nSPS) is 11.8. The summed E-state index contributed by atoms with van der Waals surface area (Å²) in [5.41, 5.74) is 4.49. The highest BCUT2D eigenvalue weighted by Gasteiger charge is 2.24. The van der Waals surface area contributed by atoms with Crippen LogP contribution in [0.15, 0.2) is 72.1 Å². The number of thioether (sulfide) groups is 1. The fraction of sp³-hybridized carbons (Fsp3) is 0.371. The van der Waals surface area contributed by atoms with E-state index in [-0.39, 0.29) is 5.97 Å². The minimum atomic E-state index is -0.482. The summed E-state index contributed by atoms with van der Waals surface area (Å²) in [5.74, 6) is -0.120. The Morgan fingerprint density at radius 1 is 0.822 bits per heavy atom. The van der Waals surface area contributed by atoms with Crippen LogP contribution in [0.2, 0.25) is 10.0 Å². The van der Waals surface area contributed by atoms with Crippen molar-refractivity contribution >= 4 is 46.9 Å². The van der Waals surface area contributed by atoms with Gasteiger partial charge < -0.3 is 9.47 Å². The monoisotopic (exact) mass is 667 g/mol. The Balaban J connectivity index is 1.49. The molecule has 0 fully saturated rings. The SMILES string of the molecule is CCCCCCCCOC(=O)c1ccc(C(c2ccc(C)cc2Cl)n2cnc(SCc3ccc(C(=O)OCC)cc3)n2)c(Cl)c1. The Labute approximate surface area is 279 Å². The number of aromatic nitrogens is 3. The Kier molecular flexibility index (Phi) is 13.3. The van der Waals surface area contributed by atoms with Crippen LogP contribution >= 0.6 is 35.0 Å². The van der Waals surface area contributed by atoms with Gasteiger partial charge in [-0.25, -0.2) is 19.3 Å². The van der Waals surface area contributed by atoms with Crippen molar-refractivity contribution in [3.8, 4) is 0 Å². The molecule has 4 rings (SSSR count). The highest BCUT2D eigenvalue weighted by atomic mass is 35.5. The van der Waals surface area contributed by atoms with Crippen LogP contribution in [-0.4, -0.2) is 39.9 Å². The summed E-state index contributed by atoms with van der Waals surface area (Å²) >= 11 is 15.1. The number of hydrogen-bond acceptors (Lipinski definition) is 7. The minimum Gasteiger partial charge on any atom is -0.462 e. The fourth-order valence-corrected chi connectivity index (χ4v) is 6.25. The van der Waals surface area contributed by atoms with Gasteiger partial charge in [-0.05, 0) is 72.9 Å². The van der Waals surface area contributed by atoms with Gasteiger partial charge in [-0.1, -0.05) is 104 Å². The van der Waals surface area contributed by atoms with Crippen LogP contribution in [0.5, 0.6) is 0 Å². The Bertz CT molecular complexity index is 1580. The predicted octanol–water partition coefficient (Wildman–Crippen LogP) is 9.52. The van der Waals surface area contributed by atoms with E-state index in [0.717, 1.165) is 41.5 Å². The number of carbonyl (C=O) groups is 2. The van der Waals surface area contributed by atoms with Crippen molar-refractivity contribution in [2.45, 2.75) is 76.2 Å². The number of hydrogen-bond donors (Lipinski definition) is 0. The minimum absolute atomic E-state index is 0.334. The molecule has 1 unspecified atom stereocenters. The van der Waals surface area contributed by atoms with Crippen LogP contribution in [0.4, 0.5) is 0 Å². The Hall–Kier alpha value is -3.33. The smallest absolute Gasteiger partial charge is 0.338 e. The number of aryl methyl sites for hydroxylation is 1. The lowest BCUT2D eigenvalue weighted by Gasteiger charge is -2.21. The molecule has 1 aromatic heterocycles. The largest absolute Gasteiger partial charge is 0.462 e. The van der Waals surface area contributed by atoms with Gasteiger partial charge in [0.2, 0.25) is 5.16 Å². The lowest BCUT2D eigenvalue weighted by Crippen LogP contribution is -2.15. The maximum absolute atomic E-state index is 12.8. The van der Waals surface area contributed by atoms with Gasteiger partial charge >= 0.3 is 11.9 Å². The van der Waals surface area contributed by atoms with Crippen molar-refractivity contribution < 1.29 is 19.1 Å². The number of benzene rings is 3. The molecule has 0 aliphatic carbocycles. The summed E-state index contributed by atoms with van der Waals surface area (Å²) in [6.07, 6.45) is 8.37. The first kappa shape index (κ1) is 34.5. The zero-order valence-electron chi connectivity index (χ0n) is 25.9. The maximum Gasteiger partial charge on any atom is 0.338 e. The number of ether oxygens (including phenoxy) is 2. The van der Waals surface area contributed by atoms with Gasteiger partial charge in [-0.2, -0.15) is 0 Å². The van der Waals surface area contributed by atoms with E-state index in [2.05, 4.69) is 11.9 Å². The third-order valence-electron chi connectivity index (χ3n) is 7.30. The topological polar surface area (TPSA) is 83.3 Å². The van der Waals surface area contributed by atoms with Crippen molar-refractivity contribution in [3.05, 3.63) is 110 Å². The molecule has 0 saturated heterocycles. The number of halogens is 2. The Morgan fingerprint density at radius 3 is 2.16 bits per heavy atom. The molecule has 0 radical (unpaired) electrons. The second-order valence-electron chi connectivity index (χ2n) is 10.8. The summed E-state index contributed by atoms with van der Waals surface area (Å²) in [7, 11) is 0. The molecule has 1 heterocycles. The third kappa shape index (κ3) is 9.83. The van der Waals surface area contributed by atoms with E-state index in [1.165, 1.54) is 31.0 Å². The Morgan fingerprint density at radius 2 is 1.47 bits per heavy atom. The van der Waals surface area contributed by atoms with Crippen molar-refractivity contribution in [3.63, 3.8) is 0 Å². The van der Waals surface area contributed by atoms with Gasteiger partial charge in [0, 0.05) is 15.8 Å². The molecule has 0 spiro atoms. The van der Waals surface area contributed by atoms with Crippen molar-refractivity contribution in [2.24, 2.45) is 0 Å². The van der Waals surface area contributed by atoms with Gasteiger partial charge in [0.25, 0.3) is 0 Å². The first-order chi connectivity index (χ1) is 21.8. The number of esters is 2. The van der Waals surface area contributed by atoms with Crippen LogP contribution in [0.1, 0.15) is 101 Å². The molecule has 0 bridgehead atoms. The molecule has 0 amide bonds.